The Hall–Kier alpha value is -0.970. The van der Waals surface area contributed by atoms with Crippen LogP contribution in [0.15, 0.2) is 51.8 Å². The van der Waals surface area contributed by atoms with Gasteiger partial charge in [-0.2, -0.15) is 0 Å². The molecule has 21 heavy (non-hydrogen) atoms. The maximum absolute atomic E-state index is 12.5. The second-order valence-corrected chi connectivity index (χ2v) is 7.17. The average Bonchev–Trinajstić information content (AvgIpc) is 2.50. The third-order valence-electron chi connectivity index (χ3n) is 3.46. The molecule has 0 fully saturated rings. The summed E-state index contributed by atoms with van der Waals surface area (Å²) >= 11 is 11.4. The van der Waals surface area contributed by atoms with Crippen LogP contribution in [0.3, 0.4) is 0 Å². The van der Waals surface area contributed by atoms with Crippen LogP contribution in [0.5, 0.6) is 0 Å². The van der Waals surface area contributed by atoms with E-state index in [1.54, 1.807) is 6.07 Å². The number of benzene rings is 2. The molecule has 0 bridgehead atoms. The van der Waals surface area contributed by atoms with Crippen molar-refractivity contribution in [2.24, 2.45) is 0 Å². The summed E-state index contributed by atoms with van der Waals surface area (Å²) in [5.74, 6) is 0.877. The molecule has 3 rings (SSSR count). The fourth-order valence-corrected chi connectivity index (χ4v) is 4.11. The SMILES string of the molecule is O=C(NC1CCSc2ccccc21)c1cccc(Br)c1Cl. The summed E-state index contributed by atoms with van der Waals surface area (Å²) < 4.78 is 0.733. The summed E-state index contributed by atoms with van der Waals surface area (Å²) in [6.07, 6.45) is 0.930. The largest absolute Gasteiger partial charge is 0.345 e. The van der Waals surface area contributed by atoms with Gasteiger partial charge in [0.05, 0.1) is 16.6 Å². The number of fused-ring (bicyclic) bond motifs is 1. The number of hydrogen-bond donors (Lipinski definition) is 1. The van der Waals surface area contributed by atoms with E-state index in [9.17, 15) is 4.79 Å². The van der Waals surface area contributed by atoms with Crippen molar-refractivity contribution in [3.05, 3.63) is 63.1 Å². The van der Waals surface area contributed by atoms with Gasteiger partial charge < -0.3 is 5.32 Å². The second-order valence-electron chi connectivity index (χ2n) is 4.80. The van der Waals surface area contributed by atoms with Crippen LogP contribution in [-0.2, 0) is 0 Å². The molecule has 0 spiro atoms. The maximum atomic E-state index is 12.5. The number of rotatable bonds is 2. The summed E-state index contributed by atoms with van der Waals surface area (Å²) in [6, 6.07) is 13.6. The lowest BCUT2D eigenvalue weighted by Crippen LogP contribution is -2.30. The molecule has 0 radical (unpaired) electrons. The lowest BCUT2D eigenvalue weighted by atomic mass is 10.0. The molecule has 1 aliphatic heterocycles. The van der Waals surface area contributed by atoms with Crippen LogP contribution in [0.2, 0.25) is 5.02 Å². The molecule has 1 aliphatic rings. The lowest BCUT2D eigenvalue weighted by molar-refractivity contribution is 0.0935. The van der Waals surface area contributed by atoms with E-state index in [0.717, 1.165) is 16.6 Å². The highest BCUT2D eigenvalue weighted by molar-refractivity contribution is 9.10. The summed E-state index contributed by atoms with van der Waals surface area (Å²) in [4.78, 5) is 13.7. The van der Waals surface area contributed by atoms with Gasteiger partial charge in [-0.05, 0) is 46.1 Å². The van der Waals surface area contributed by atoms with Crippen molar-refractivity contribution < 1.29 is 4.79 Å². The fraction of sp³-hybridized carbons (Fsp3) is 0.188. The van der Waals surface area contributed by atoms with E-state index in [2.05, 4.69) is 33.4 Å². The van der Waals surface area contributed by atoms with Crippen LogP contribution >= 0.6 is 39.3 Å². The topological polar surface area (TPSA) is 29.1 Å². The molecule has 2 aromatic rings. The quantitative estimate of drug-likeness (QED) is 0.785. The molecule has 2 aromatic carbocycles. The number of carbonyl (C=O) groups is 1. The van der Waals surface area contributed by atoms with Crippen LogP contribution in [0.1, 0.15) is 28.4 Å². The van der Waals surface area contributed by atoms with E-state index in [4.69, 9.17) is 11.6 Å². The Labute approximate surface area is 141 Å². The number of nitrogens with one attached hydrogen (secondary N) is 1. The van der Waals surface area contributed by atoms with Crippen LogP contribution in [-0.4, -0.2) is 11.7 Å². The lowest BCUT2D eigenvalue weighted by Gasteiger charge is -2.26. The zero-order valence-electron chi connectivity index (χ0n) is 11.1. The zero-order chi connectivity index (χ0) is 14.8. The van der Waals surface area contributed by atoms with Crippen molar-refractivity contribution >= 4 is 45.2 Å². The van der Waals surface area contributed by atoms with Crippen molar-refractivity contribution in [2.75, 3.05) is 5.75 Å². The minimum absolute atomic E-state index is 0.0463. The second kappa shape index (κ2) is 6.42. The van der Waals surface area contributed by atoms with Crippen molar-refractivity contribution in [3.63, 3.8) is 0 Å². The molecule has 1 atom stereocenters. The molecule has 1 unspecified atom stereocenters. The highest BCUT2D eigenvalue weighted by atomic mass is 79.9. The first-order valence-electron chi connectivity index (χ1n) is 6.63. The molecule has 1 heterocycles. The third kappa shape index (κ3) is 3.12. The minimum Gasteiger partial charge on any atom is -0.345 e. The van der Waals surface area contributed by atoms with Gasteiger partial charge in [0.25, 0.3) is 5.91 Å². The third-order valence-corrected chi connectivity index (χ3v) is 5.88. The van der Waals surface area contributed by atoms with Gasteiger partial charge in [-0.15, -0.1) is 11.8 Å². The van der Waals surface area contributed by atoms with Crippen molar-refractivity contribution in [1.29, 1.82) is 0 Å². The first-order chi connectivity index (χ1) is 10.2. The number of amides is 1. The van der Waals surface area contributed by atoms with Gasteiger partial charge in [-0.3, -0.25) is 4.79 Å². The number of thioether (sulfide) groups is 1. The first kappa shape index (κ1) is 14.9. The minimum atomic E-state index is -0.131. The Balaban J connectivity index is 1.85. The van der Waals surface area contributed by atoms with Crippen LogP contribution < -0.4 is 5.32 Å². The Morgan fingerprint density at radius 3 is 2.90 bits per heavy atom. The molecule has 108 valence electrons. The monoisotopic (exact) mass is 381 g/mol. The Kier molecular flexibility index (Phi) is 4.57. The predicted molar refractivity (Wildman–Crippen MR) is 91.1 cm³/mol. The average molecular weight is 383 g/mol. The van der Waals surface area contributed by atoms with E-state index in [1.165, 1.54) is 10.5 Å². The molecule has 2 nitrogen and oxygen atoms in total. The zero-order valence-corrected chi connectivity index (χ0v) is 14.3. The highest BCUT2D eigenvalue weighted by Crippen LogP contribution is 2.36. The summed E-state index contributed by atoms with van der Waals surface area (Å²) in [5.41, 5.74) is 1.69. The first-order valence-corrected chi connectivity index (χ1v) is 8.79. The highest BCUT2D eigenvalue weighted by Gasteiger charge is 2.23. The smallest absolute Gasteiger partial charge is 0.253 e. The van der Waals surface area contributed by atoms with Crippen LogP contribution in [0, 0.1) is 0 Å². The van der Waals surface area contributed by atoms with E-state index in [-0.39, 0.29) is 11.9 Å². The maximum Gasteiger partial charge on any atom is 0.253 e. The van der Waals surface area contributed by atoms with E-state index in [1.807, 2.05) is 36.0 Å². The molecular weight excluding hydrogens is 370 g/mol. The Morgan fingerprint density at radius 2 is 2.05 bits per heavy atom. The van der Waals surface area contributed by atoms with Gasteiger partial charge in [-0.1, -0.05) is 35.9 Å². The van der Waals surface area contributed by atoms with Gasteiger partial charge in [0.1, 0.15) is 0 Å². The van der Waals surface area contributed by atoms with Gasteiger partial charge in [0.2, 0.25) is 0 Å². The van der Waals surface area contributed by atoms with Crippen molar-refractivity contribution in [2.45, 2.75) is 17.4 Å². The predicted octanol–water partition coefficient (Wildman–Crippen LogP) is 5.07. The molecule has 0 aliphatic carbocycles. The molecular formula is C16H13BrClNOS. The molecule has 0 aromatic heterocycles. The van der Waals surface area contributed by atoms with E-state index >= 15 is 0 Å². The van der Waals surface area contributed by atoms with E-state index in [0.29, 0.717) is 10.6 Å². The van der Waals surface area contributed by atoms with E-state index < -0.39 is 0 Å². The standard InChI is InChI=1S/C16H13BrClNOS/c17-12-6-3-5-11(15(12)18)16(20)19-13-8-9-21-14-7-2-1-4-10(13)14/h1-7,13H,8-9H2,(H,19,20). The Bertz CT molecular complexity index is 692. The number of halogens is 2. The van der Waals surface area contributed by atoms with Gasteiger partial charge in [0, 0.05) is 15.1 Å². The Morgan fingerprint density at radius 1 is 1.24 bits per heavy atom. The fourth-order valence-electron chi connectivity index (χ4n) is 2.41. The number of hydrogen-bond acceptors (Lipinski definition) is 2. The molecule has 5 heteroatoms. The van der Waals surface area contributed by atoms with Crippen molar-refractivity contribution in [3.8, 4) is 0 Å². The van der Waals surface area contributed by atoms with Gasteiger partial charge >= 0.3 is 0 Å². The molecule has 0 saturated carbocycles. The molecule has 0 saturated heterocycles. The molecule has 1 amide bonds. The summed E-state index contributed by atoms with van der Waals surface area (Å²) in [7, 11) is 0. The number of carbonyl (C=O) groups excluding carboxylic acids is 1. The van der Waals surface area contributed by atoms with Crippen molar-refractivity contribution in [1.82, 2.24) is 5.32 Å². The normalized spacial score (nSPS) is 17.1. The van der Waals surface area contributed by atoms with Crippen LogP contribution in [0.25, 0.3) is 0 Å². The summed E-state index contributed by atoms with van der Waals surface area (Å²) in [6.45, 7) is 0. The van der Waals surface area contributed by atoms with Crippen LogP contribution in [0.4, 0.5) is 0 Å². The van der Waals surface area contributed by atoms with Gasteiger partial charge in [-0.25, -0.2) is 0 Å². The van der Waals surface area contributed by atoms with Gasteiger partial charge in [0.15, 0.2) is 0 Å². The summed E-state index contributed by atoms with van der Waals surface area (Å²) in [5, 5.41) is 3.55. The molecule has 1 N–H and O–H groups in total.